The average Bonchev–Trinajstić information content (AvgIpc) is 2.56. The number of carboxylic acid groups (broad SMARTS) is 1. The predicted octanol–water partition coefficient (Wildman–Crippen LogP) is 0.484. The van der Waals surface area contributed by atoms with Crippen LogP contribution in [0.4, 0.5) is 0 Å². The van der Waals surface area contributed by atoms with Crippen LogP contribution in [0.15, 0.2) is 0 Å². The van der Waals surface area contributed by atoms with Gasteiger partial charge in [-0.15, -0.1) is 6.42 Å². The number of aliphatic carboxylic acids is 1. The van der Waals surface area contributed by atoms with Crippen LogP contribution in [-0.4, -0.2) is 76.5 Å². The second-order valence-electron chi connectivity index (χ2n) is 4.56. The van der Waals surface area contributed by atoms with E-state index < -0.39 is 5.97 Å². The van der Waals surface area contributed by atoms with Gasteiger partial charge in [0.25, 0.3) is 0 Å². The fourth-order valence-corrected chi connectivity index (χ4v) is 1.43. The summed E-state index contributed by atoms with van der Waals surface area (Å²) < 4.78 is 25.6. The zero-order chi connectivity index (χ0) is 17.9. The summed E-state index contributed by atoms with van der Waals surface area (Å²) in [6.07, 6.45) is 5.82. The van der Waals surface area contributed by atoms with Gasteiger partial charge >= 0.3 is 11.9 Å². The summed E-state index contributed by atoms with van der Waals surface area (Å²) in [5.41, 5.74) is 0. The highest BCUT2D eigenvalue weighted by atomic mass is 16.6. The minimum Gasteiger partial charge on any atom is -0.481 e. The lowest BCUT2D eigenvalue weighted by molar-refractivity contribution is -0.142. The largest absolute Gasteiger partial charge is 0.481 e. The molecule has 1 N–H and O–H groups in total. The standard InChI is InChI=1S/C16H26O8/c1-2-6-24-16(19)4-3-7-20-9-11-22-13-14-23-12-10-21-8-5-15(17)18/h1H,3-14H2,(H,17,18). The lowest BCUT2D eigenvalue weighted by atomic mass is 10.3. The third-order valence-corrected chi connectivity index (χ3v) is 2.56. The number of esters is 1. The molecule has 8 heteroatoms. The Hall–Kier alpha value is -1.66. The van der Waals surface area contributed by atoms with E-state index in [0.29, 0.717) is 52.7 Å². The van der Waals surface area contributed by atoms with Gasteiger partial charge in [0, 0.05) is 13.0 Å². The SMILES string of the molecule is C#CCOC(=O)CCCOCCOCCOCCOCCC(=O)O. The van der Waals surface area contributed by atoms with Crippen LogP contribution in [-0.2, 0) is 33.3 Å². The van der Waals surface area contributed by atoms with Gasteiger partial charge in [-0.2, -0.15) is 0 Å². The van der Waals surface area contributed by atoms with Crippen molar-refractivity contribution in [2.45, 2.75) is 19.3 Å². The van der Waals surface area contributed by atoms with Gasteiger partial charge in [-0.1, -0.05) is 5.92 Å². The summed E-state index contributed by atoms with van der Waals surface area (Å²) in [6.45, 7) is 3.17. The Kier molecular flexibility index (Phi) is 16.5. The first-order chi connectivity index (χ1) is 11.7. The van der Waals surface area contributed by atoms with Crippen LogP contribution in [0.2, 0.25) is 0 Å². The molecule has 0 atom stereocenters. The van der Waals surface area contributed by atoms with Crippen LogP contribution in [0.3, 0.4) is 0 Å². The van der Waals surface area contributed by atoms with Gasteiger partial charge < -0.3 is 28.8 Å². The van der Waals surface area contributed by atoms with Gasteiger partial charge in [0.2, 0.25) is 0 Å². The molecule has 0 spiro atoms. The molecule has 138 valence electrons. The number of carbonyl (C=O) groups excluding carboxylic acids is 1. The van der Waals surface area contributed by atoms with Gasteiger partial charge in [-0.3, -0.25) is 9.59 Å². The monoisotopic (exact) mass is 346 g/mol. The molecule has 8 nitrogen and oxygen atoms in total. The third-order valence-electron chi connectivity index (χ3n) is 2.56. The number of hydrogen-bond acceptors (Lipinski definition) is 7. The molecule has 0 aromatic heterocycles. The van der Waals surface area contributed by atoms with Gasteiger partial charge in [-0.25, -0.2) is 0 Å². The Morgan fingerprint density at radius 3 is 1.79 bits per heavy atom. The molecule has 0 heterocycles. The van der Waals surface area contributed by atoms with Crippen LogP contribution in [0, 0.1) is 12.3 Å². The van der Waals surface area contributed by atoms with E-state index >= 15 is 0 Å². The second kappa shape index (κ2) is 17.7. The van der Waals surface area contributed by atoms with E-state index in [-0.39, 0.29) is 32.0 Å². The molecule has 0 bridgehead atoms. The molecule has 24 heavy (non-hydrogen) atoms. The Balaban J connectivity index is 3.09. The molecule has 0 aromatic carbocycles. The second-order valence-corrected chi connectivity index (χ2v) is 4.56. The number of terminal acetylenes is 1. The molecule has 0 radical (unpaired) electrons. The van der Waals surface area contributed by atoms with Crippen LogP contribution < -0.4 is 0 Å². The zero-order valence-electron chi connectivity index (χ0n) is 13.9. The van der Waals surface area contributed by atoms with Crippen molar-refractivity contribution >= 4 is 11.9 Å². The topological polar surface area (TPSA) is 101 Å². The van der Waals surface area contributed by atoms with Crippen molar-refractivity contribution in [2.75, 3.05) is 59.5 Å². The highest BCUT2D eigenvalue weighted by molar-refractivity contribution is 5.69. The van der Waals surface area contributed by atoms with Crippen molar-refractivity contribution in [2.24, 2.45) is 0 Å². The third kappa shape index (κ3) is 18.4. The molecule has 0 saturated heterocycles. The first-order valence-electron chi connectivity index (χ1n) is 7.78. The summed E-state index contributed by atoms with van der Waals surface area (Å²) >= 11 is 0. The summed E-state index contributed by atoms with van der Waals surface area (Å²) in [4.78, 5) is 21.3. The van der Waals surface area contributed by atoms with E-state index in [1.807, 2.05) is 0 Å². The van der Waals surface area contributed by atoms with Crippen molar-refractivity contribution in [3.8, 4) is 12.3 Å². The molecular weight excluding hydrogens is 320 g/mol. The van der Waals surface area contributed by atoms with Crippen molar-refractivity contribution < 1.29 is 38.4 Å². The van der Waals surface area contributed by atoms with Gasteiger partial charge in [0.1, 0.15) is 0 Å². The maximum absolute atomic E-state index is 11.1. The Bertz CT molecular complexity index is 364. The minimum absolute atomic E-state index is 0.00403. The summed E-state index contributed by atoms with van der Waals surface area (Å²) in [5, 5.41) is 8.40. The van der Waals surface area contributed by atoms with Crippen molar-refractivity contribution in [3.63, 3.8) is 0 Å². The van der Waals surface area contributed by atoms with Gasteiger partial charge in [0.05, 0.1) is 52.7 Å². The Morgan fingerprint density at radius 1 is 0.792 bits per heavy atom. The number of carboxylic acids is 1. The summed E-state index contributed by atoms with van der Waals surface area (Å²) in [5.74, 6) is 1.02. The van der Waals surface area contributed by atoms with Crippen molar-refractivity contribution in [1.29, 1.82) is 0 Å². The fraction of sp³-hybridized carbons (Fsp3) is 0.750. The Morgan fingerprint density at radius 2 is 1.29 bits per heavy atom. The average molecular weight is 346 g/mol. The number of hydrogen-bond donors (Lipinski definition) is 1. The number of ether oxygens (including phenoxy) is 5. The number of rotatable bonds is 17. The quantitative estimate of drug-likeness (QED) is 0.231. The van der Waals surface area contributed by atoms with Crippen molar-refractivity contribution in [3.05, 3.63) is 0 Å². The van der Waals surface area contributed by atoms with Gasteiger partial charge in [0.15, 0.2) is 6.61 Å². The fourth-order valence-electron chi connectivity index (χ4n) is 1.43. The maximum atomic E-state index is 11.1. The first-order valence-corrected chi connectivity index (χ1v) is 7.78. The predicted molar refractivity (Wildman–Crippen MR) is 84.6 cm³/mol. The molecule has 0 saturated carbocycles. The molecule has 0 aromatic rings. The van der Waals surface area contributed by atoms with Crippen LogP contribution in [0.1, 0.15) is 19.3 Å². The van der Waals surface area contributed by atoms with Gasteiger partial charge in [-0.05, 0) is 6.42 Å². The molecule has 0 fully saturated rings. The minimum atomic E-state index is -0.879. The van der Waals surface area contributed by atoms with Crippen LogP contribution in [0.5, 0.6) is 0 Å². The lowest BCUT2D eigenvalue weighted by Gasteiger charge is -2.07. The van der Waals surface area contributed by atoms with Crippen LogP contribution >= 0.6 is 0 Å². The highest BCUT2D eigenvalue weighted by Gasteiger charge is 2.01. The highest BCUT2D eigenvalue weighted by Crippen LogP contribution is 1.94. The molecule has 0 aliphatic rings. The summed E-state index contributed by atoms with van der Waals surface area (Å²) in [7, 11) is 0. The van der Waals surface area contributed by atoms with Crippen molar-refractivity contribution in [1.82, 2.24) is 0 Å². The van der Waals surface area contributed by atoms with E-state index in [2.05, 4.69) is 5.92 Å². The molecular formula is C16H26O8. The molecule has 0 rings (SSSR count). The zero-order valence-corrected chi connectivity index (χ0v) is 13.9. The smallest absolute Gasteiger partial charge is 0.306 e. The first kappa shape index (κ1) is 22.3. The molecule has 0 aliphatic heterocycles. The maximum Gasteiger partial charge on any atom is 0.306 e. The Labute approximate surface area is 142 Å². The van der Waals surface area contributed by atoms with E-state index in [1.54, 1.807) is 0 Å². The molecule has 0 aliphatic carbocycles. The van der Waals surface area contributed by atoms with E-state index in [1.165, 1.54) is 0 Å². The van der Waals surface area contributed by atoms with E-state index in [0.717, 1.165) is 0 Å². The molecule has 0 unspecified atom stereocenters. The van der Waals surface area contributed by atoms with E-state index in [4.69, 9.17) is 35.2 Å². The normalized spacial score (nSPS) is 10.3. The lowest BCUT2D eigenvalue weighted by Crippen LogP contribution is -2.13. The summed E-state index contributed by atoms with van der Waals surface area (Å²) in [6, 6.07) is 0. The molecule has 0 amide bonds. The van der Waals surface area contributed by atoms with E-state index in [9.17, 15) is 9.59 Å². The number of carbonyl (C=O) groups is 2. The van der Waals surface area contributed by atoms with Crippen LogP contribution in [0.25, 0.3) is 0 Å².